The van der Waals surface area contributed by atoms with Crippen molar-refractivity contribution >= 4 is 68.4 Å². The van der Waals surface area contributed by atoms with Crippen molar-refractivity contribution in [2.45, 2.75) is 0 Å². The van der Waals surface area contributed by atoms with E-state index < -0.39 is 0 Å². The Balaban J connectivity index is 2.14. The van der Waals surface area contributed by atoms with E-state index in [1.165, 1.54) is 0 Å². The van der Waals surface area contributed by atoms with E-state index in [2.05, 4.69) is 56.6 Å². The molecule has 0 unspecified atom stereocenters. The molecule has 0 fully saturated rings. The summed E-state index contributed by atoms with van der Waals surface area (Å²) < 4.78 is 1.45. The number of rotatable bonds is 1. The molecule has 0 aromatic heterocycles. The van der Waals surface area contributed by atoms with Crippen LogP contribution >= 0.6 is 45.2 Å². The molecule has 1 aliphatic rings. The number of carbonyl (C=O) groups is 1. The Labute approximate surface area is 154 Å². The van der Waals surface area contributed by atoms with E-state index in [-0.39, 0.29) is 11.7 Å². The second kappa shape index (κ2) is 5.89. The number of hydrogen-bond acceptors (Lipinski definition) is 3. The summed E-state index contributed by atoms with van der Waals surface area (Å²) in [6.45, 7) is 0. The molecular formula is C16H8I2N2O2. The van der Waals surface area contributed by atoms with Crippen LogP contribution in [0.25, 0.3) is 11.6 Å². The molecule has 1 aliphatic heterocycles. The van der Waals surface area contributed by atoms with Gasteiger partial charge < -0.3 is 10.4 Å². The van der Waals surface area contributed by atoms with Gasteiger partial charge >= 0.3 is 0 Å². The molecule has 1 amide bonds. The van der Waals surface area contributed by atoms with Crippen LogP contribution in [0.5, 0.6) is 5.75 Å². The van der Waals surface area contributed by atoms with E-state index in [0.29, 0.717) is 16.8 Å². The molecule has 6 heteroatoms. The molecule has 4 nitrogen and oxygen atoms in total. The van der Waals surface area contributed by atoms with Crippen molar-refractivity contribution in [3.05, 3.63) is 54.2 Å². The molecule has 0 saturated heterocycles. The van der Waals surface area contributed by atoms with Crippen LogP contribution in [0.1, 0.15) is 16.7 Å². The maximum absolute atomic E-state index is 12.2. The van der Waals surface area contributed by atoms with Crippen molar-refractivity contribution < 1.29 is 9.90 Å². The van der Waals surface area contributed by atoms with E-state index in [1.807, 2.05) is 12.1 Å². The summed E-state index contributed by atoms with van der Waals surface area (Å²) in [5.41, 5.74) is 3.29. The zero-order chi connectivity index (χ0) is 15.9. The first-order valence-corrected chi connectivity index (χ1v) is 8.41. The maximum Gasteiger partial charge on any atom is 0.256 e. The number of nitrogens with zero attached hydrogens (tertiary/aromatic N) is 1. The van der Waals surface area contributed by atoms with Gasteiger partial charge in [0.2, 0.25) is 0 Å². The number of benzene rings is 2. The van der Waals surface area contributed by atoms with Gasteiger partial charge in [0.25, 0.3) is 5.91 Å². The molecule has 0 spiro atoms. The molecule has 0 radical (unpaired) electrons. The topological polar surface area (TPSA) is 73.1 Å². The smallest absolute Gasteiger partial charge is 0.256 e. The number of hydrogen-bond donors (Lipinski definition) is 2. The van der Waals surface area contributed by atoms with Crippen molar-refractivity contribution in [1.29, 1.82) is 5.26 Å². The summed E-state index contributed by atoms with van der Waals surface area (Å²) in [4.78, 5) is 12.2. The van der Waals surface area contributed by atoms with Gasteiger partial charge in [-0.15, -0.1) is 0 Å². The Bertz CT molecular complexity index is 859. The third-order valence-corrected chi connectivity index (χ3v) is 4.93. The quantitative estimate of drug-likeness (QED) is 0.448. The van der Waals surface area contributed by atoms with Crippen LogP contribution in [0, 0.1) is 18.5 Å². The maximum atomic E-state index is 12.2. The number of phenolic OH excluding ortho intramolecular Hbond substituents is 1. The van der Waals surface area contributed by atoms with Crippen molar-refractivity contribution in [2.24, 2.45) is 0 Å². The SMILES string of the molecule is N#Cc1ccc2c(c1)C(=Cc1cc(I)c(O)c(I)c1)C(=O)N2. The van der Waals surface area contributed by atoms with Gasteiger partial charge in [-0.05, 0) is 87.2 Å². The molecular weight excluding hydrogens is 506 g/mol. The molecule has 1 heterocycles. The molecule has 2 aromatic rings. The predicted molar refractivity (Wildman–Crippen MR) is 101 cm³/mol. The van der Waals surface area contributed by atoms with Crippen LogP contribution in [-0.4, -0.2) is 11.0 Å². The first-order valence-electron chi connectivity index (χ1n) is 6.25. The second-order valence-electron chi connectivity index (χ2n) is 4.72. The van der Waals surface area contributed by atoms with Crippen molar-refractivity contribution in [1.82, 2.24) is 0 Å². The van der Waals surface area contributed by atoms with Crippen LogP contribution in [0.4, 0.5) is 5.69 Å². The van der Waals surface area contributed by atoms with Crippen LogP contribution in [0.15, 0.2) is 30.3 Å². The molecule has 2 N–H and O–H groups in total. The predicted octanol–water partition coefficient (Wildman–Crippen LogP) is 3.97. The van der Waals surface area contributed by atoms with Gasteiger partial charge in [0, 0.05) is 16.8 Å². The summed E-state index contributed by atoms with van der Waals surface area (Å²) in [5.74, 6) is 0.0505. The van der Waals surface area contributed by atoms with Gasteiger partial charge in [-0.1, -0.05) is 0 Å². The molecule has 0 atom stereocenters. The minimum atomic E-state index is -0.191. The van der Waals surface area contributed by atoms with Gasteiger partial charge in [-0.2, -0.15) is 5.26 Å². The van der Waals surface area contributed by atoms with E-state index in [4.69, 9.17) is 5.26 Å². The molecule has 3 rings (SSSR count). The van der Waals surface area contributed by atoms with Crippen LogP contribution in [0.3, 0.4) is 0 Å². The third-order valence-electron chi connectivity index (χ3n) is 3.28. The fourth-order valence-corrected chi connectivity index (χ4v) is 4.05. The highest BCUT2D eigenvalue weighted by Gasteiger charge is 2.24. The van der Waals surface area contributed by atoms with Gasteiger partial charge in [-0.3, -0.25) is 4.79 Å². The second-order valence-corrected chi connectivity index (χ2v) is 7.04. The molecule has 22 heavy (non-hydrogen) atoms. The Hall–Kier alpha value is -1.60. The molecule has 0 bridgehead atoms. The number of aromatic hydroxyl groups is 1. The Kier molecular flexibility index (Phi) is 4.10. The van der Waals surface area contributed by atoms with Crippen LogP contribution in [0.2, 0.25) is 0 Å². The fraction of sp³-hybridized carbons (Fsp3) is 0. The number of nitrogens with one attached hydrogen (secondary N) is 1. The highest BCUT2D eigenvalue weighted by molar-refractivity contribution is 14.1. The normalized spacial score (nSPS) is 14.6. The van der Waals surface area contributed by atoms with Crippen LogP contribution < -0.4 is 5.32 Å². The Morgan fingerprint density at radius 3 is 2.50 bits per heavy atom. The average molecular weight is 514 g/mol. The number of amides is 1. The molecule has 108 valence electrons. The minimum absolute atomic E-state index is 0.191. The molecule has 0 aliphatic carbocycles. The zero-order valence-electron chi connectivity index (χ0n) is 11.0. The first-order chi connectivity index (χ1) is 10.5. The lowest BCUT2D eigenvalue weighted by atomic mass is 10.0. The highest BCUT2D eigenvalue weighted by atomic mass is 127. The number of anilines is 1. The van der Waals surface area contributed by atoms with E-state index in [9.17, 15) is 9.90 Å². The third kappa shape index (κ3) is 2.70. The van der Waals surface area contributed by atoms with Crippen LogP contribution in [-0.2, 0) is 4.79 Å². The summed E-state index contributed by atoms with van der Waals surface area (Å²) in [6.07, 6.45) is 1.77. The number of carbonyl (C=O) groups excluding carboxylic acids is 1. The average Bonchev–Trinajstić information content (AvgIpc) is 2.80. The number of nitriles is 1. The van der Waals surface area contributed by atoms with E-state index in [1.54, 1.807) is 24.3 Å². The Morgan fingerprint density at radius 2 is 1.86 bits per heavy atom. The largest absolute Gasteiger partial charge is 0.506 e. The van der Waals surface area contributed by atoms with Gasteiger partial charge in [0.1, 0.15) is 5.75 Å². The number of fused-ring (bicyclic) bond motifs is 1. The van der Waals surface area contributed by atoms with E-state index in [0.717, 1.165) is 18.3 Å². The number of phenols is 1. The summed E-state index contributed by atoms with van der Waals surface area (Å²) in [7, 11) is 0. The Morgan fingerprint density at radius 1 is 1.18 bits per heavy atom. The van der Waals surface area contributed by atoms with Gasteiger partial charge in [0.15, 0.2) is 0 Å². The first kappa shape index (κ1) is 15.3. The lowest BCUT2D eigenvalue weighted by Crippen LogP contribution is -2.03. The number of halogens is 2. The van der Waals surface area contributed by atoms with E-state index >= 15 is 0 Å². The van der Waals surface area contributed by atoms with Crippen molar-refractivity contribution in [3.8, 4) is 11.8 Å². The summed E-state index contributed by atoms with van der Waals surface area (Å²) in [5, 5.41) is 21.6. The summed E-state index contributed by atoms with van der Waals surface area (Å²) in [6, 6.07) is 10.8. The highest BCUT2D eigenvalue weighted by Crippen LogP contribution is 2.35. The fourth-order valence-electron chi connectivity index (χ4n) is 2.24. The lowest BCUT2D eigenvalue weighted by molar-refractivity contribution is -0.110. The summed E-state index contributed by atoms with van der Waals surface area (Å²) >= 11 is 4.10. The standard InChI is InChI=1S/C16H8I2N2O2/c17-12-5-9(6-13(18)15(12)21)4-11-10-3-8(7-19)1-2-14(10)20-16(11)22/h1-6,21H,(H,20,22). The minimum Gasteiger partial charge on any atom is -0.506 e. The van der Waals surface area contributed by atoms with Gasteiger partial charge in [-0.25, -0.2) is 0 Å². The zero-order valence-corrected chi connectivity index (χ0v) is 15.3. The van der Waals surface area contributed by atoms with Crippen molar-refractivity contribution in [3.63, 3.8) is 0 Å². The lowest BCUT2D eigenvalue weighted by Gasteiger charge is -2.04. The van der Waals surface area contributed by atoms with Gasteiger partial charge in [0.05, 0.1) is 18.8 Å². The van der Waals surface area contributed by atoms with Crippen molar-refractivity contribution in [2.75, 3.05) is 5.32 Å². The monoisotopic (exact) mass is 514 g/mol. The molecule has 0 saturated carbocycles. The molecule has 2 aromatic carbocycles.